The van der Waals surface area contributed by atoms with Crippen LogP contribution in [0.15, 0.2) is 48.5 Å². The molecule has 0 aliphatic carbocycles. The van der Waals surface area contributed by atoms with Gasteiger partial charge in [-0.05, 0) is 35.4 Å². The molecule has 5 atom stereocenters. The summed E-state index contributed by atoms with van der Waals surface area (Å²) in [6, 6.07) is 13.9. The van der Waals surface area contributed by atoms with Gasteiger partial charge in [-0.15, -0.1) is 0 Å². The molecule has 150 valence electrons. The zero-order valence-corrected chi connectivity index (χ0v) is 15.2. The van der Waals surface area contributed by atoms with Crippen molar-refractivity contribution in [3.05, 3.63) is 54.1 Å². The normalized spacial score (nSPS) is 27.2. The van der Waals surface area contributed by atoms with Gasteiger partial charge in [0.25, 0.3) is 5.91 Å². The van der Waals surface area contributed by atoms with E-state index in [-0.39, 0.29) is 5.91 Å². The monoisotopic (exact) mass is 391 g/mol. The SMILES string of the molecule is CNC(=O)c1cccc(-c2ccc(O[C@H]3O[C@H](CF)[C@@H](O)[C@H](O)[C@@H]3O)cc2)c1. The summed E-state index contributed by atoms with van der Waals surface area (Å²) in [5.74, 6) is 0.143. The fourth-order valence-corrected chi connectivity index (χ4v) is 2.99. The van der Waals surface area contributed by atoms with Crippen LogP contribution in [-0.2, 0) is 4.74 Å². The van der Waals surface area contributed by atoms with Gasteiger partial charge in [0, 0.05) is 12.6 Å². The molecule has 2 aromatic rings. The van der Waals surface area contributed by atoms with Crippen molar-refractivity contribution in [3.63, 3.8) is 0 Å². The van der Waals surface area contributed by atoms with Crippen LogP contribution < -0.4 is 10.1 Å². The average Bonchev–Trinajstić information content (AvgIpc) is 2.74. The number of amides is 1. The van der Waals surface area contributed by atoms with Gasteiger partial charge in [-0.2, -0.15) is 0 Å². The highest BCUT2D eigenvalue weighted by Crippen LogP contribution is 2.27. The second-order valence-corrected chi connectivity index (χ2v) is 6.47. The molecular weight excluding hydrogens is 369 g/mol. The number of alkyl halides is 1. The Kier molecular flexibility index (Phi) is 6.25. The Morgan fingerprint density at radius 2 is 1.79 bits per heavy atom. The van der Waals surface area contributed by atoms with Gasteiger partial charge in [-0.3, -0.25) is 4.79 Å². The van der Waals surface area contributed by atoms with Crippen LogP contribution in [0.3, 0.4) is 0 Å². The lowest BCUT2D eigenvalue weighted by atomic mass is 9.99. The predicted octanol–water partition coefficient (Wildman–Crippen LogP) is 0.869. The smallest absolute Gasteiger partial charge is 0.251 e. The topological polar surface area (TPSA) is 108 Å². The molecule has 1 aliphatic heterocycles. The second kappa shape index (κ2) is 8.66. The largest absolute Gasteiger partial charge is 0.462 e. The first-order valence-electron chi connectivity index (χ1n) is 8.79. The average molecular weight is 391 g/mol. The molecule has 0 radical (unpaired) electrons. The summed E-state index contributed by atoms with van der Waals surface area (Å²) in [7, 11) is 1.56. The van der Waals surface area contributed by atoms with E-state index in [1.54, 1.807) is 49.5 Å². The van der Waals surface area contributed by atoms with Gasteiger partial charge in [0.1, 0.15) is 36.8 Å². The van der Waals surface area contributed by atoms with E-state index in [0.29, 0.717) is 11.3 Å². The molecule has 1 aliphatic rings. The van der Waals surface area contributed by atoms with Gasteiger partial charge >= 0.3 is 0 Å². The van der Waals surface area contributed by atoms with Crippen molar-refractivity contribution >= 4 is 5.91 Å². The van der Waals surface area contributed by atoms with Gasteiger partial charge in [0.2, 0.25) is 6.29 Å². The van der Waals surface area contributed by atoms with Crippen LogP contribution in [0.4, 0.5) is 4.39 Å². The van der Waals surface area contributed by atoms with Crippen LogP contribution in [0.1, 0.15) is 10.4 Å². The van der Waals surface area contributed by atoms with Crippen molar-refractivity contribution in [2.24, 2.45) is 0 Å². The van der Waals surface area contributed by atoms with Crippen molar-refractivity contribution in [3.8, 4) is 16.9 Å². The molecule has 0 bridgehead atoms. The Morgan fingerprint density at radius 3 is 2.43 bits per heavy atom. The number of carbonyl (C=O) groups is 1. The number of carbonyl (C=O) groups excluding carboxylic acids is 1. The van der Waals surface area contributed by atoms with Crippen LogP contribution in [-0.4, -0.2) is 65.7 Å². The molecule has 0 aromatic heterocycles. The van der Waals surface area contributed by atoms with Crippen molar-refractivity contribution < 1.29 is 34.0 Å². The number of benzene rings is 2. The van der Waals surface area contributed by atoms with E-state index in [0.717, 1.165) is 11.1 Å². The summed E-state index contributed by atoms with van der Waals surface area (Å²) in [5, 5.41) is 32.1. The van der Waals surface area contributed by atoms with Crippen LogP contribution in [0.5, 0.6) is 5.75 Å². The lowest BCUT2D eigenvalue weighted by Gasteiger charge is -2.39. The standard InChI is InChI=1S/C20H22FNO6/c1-22-19(26)13-4-2-3-12(9-13)11-5-7-14(8-6-11)27-20-18(25)17(24)16(23)15(10-21)28-20/h2-9,15-18,20,23-25H,10H2,1H3,(H,22,26)/t15-,16-,17+,18+,20+/m1/s1. The second-order valence-electron chi connectivity index (χ2n) is 6.47. The maximum atomic E-state index is 12.9. The van der Waals surface area contributed by atoms with E-state index in [9.17, 15) is 24.5 Å². The number of ether oxygens (including phenoxy) is 2. The molecule has 28 heavy (non-hydrogen) atoms. The summed E-state index contributed by atoms with van der Waals surface area (Å²) < 4.78 is 23.7. The Bertz CT molecular complexity index is 813. The number of rotatable bonds is 5. The molecule has 3 rings (SSSR count). The summed E-state index contributed by atoms with van der Waals surface area (Å²) in [6.07, 6.45) is -7.24. The van der Waals surface area contributed by atoms with Gasteiger partial charge in [-0.25, -0.2) is 4.39 Å². The number of aliphatic hydroxyl groups is 3. The molecule has 0 unspecified atom stereocenters. The summed E-state index contributed by atoms with van der Waals surface area (Å²) in [5.41, 5.74) is 2.20. The molecule has 0 spiro atoms. The summed E-state index contributed by atoms with van der Waals surface area (Å²) in [6.45, 7) is -1.02. The highest BCUT2D eigenvalue weighted by atomic mass is 19.1. The zero-order valence-electron chi connectivity index (χ0n) is 15.2. The van der Waals surface area contributed by atoms with E-state index in [4.69, 9.17) is 9.47 Å². The molecule has 4 N–H and O–H groups in total. The lowest BCUT2D eigenvalue weighted by Crippen LogP contribution is -2.59. The van der Waals surface area contributed by atoms with Crippen LogP contribution >= 0.6 is 0 Å². The number of halogens is 1. The van der Waals surface area contributed by atoms with E-state index >= 15 is 0 Å². The quantitative estimate of drug-likeness (QED) is 0.602. The molecular formula is C20H22FNO6. The van der Waals surface area contributed by atoms with E-state index < -0.39 is 37.4 Å². The Balaban J connectivity index is 1.74. The zero-order chi connectivity index (χ0) is 20.3. The summed E-state index contributed by atoms with van der Waals surface area (Å²) >= 11 is 0. The number of aliphatic hydroxyl groups excluding tert-OH is 3. The van der Waals surface area contributed by atoms with Crippen molar-refractivity contribution in [2.75, 3.05) is 13.7 Å². The van der Waals surface area contributed by atoms with Crippen LogP contribution in [0.2, 0.25) is 0 Å². The Hall–Kier alpha value is -2.52. The lowest BCUT2D eigenvalue weighted by molar-refractivity contribution is -0.274. The first-order chi connectivity index (χ1) is 13.4. The fraction of sp³-hybridized carbons (Fsp3) is 0.350. The predicted molar refractivity (Wildman–Crippen MR) is 98.6 cm³/mol. The van der Waals surface area contributed by atoms with Crippen LogP contribution in [0.25, 0.3) is 11.1 Å². The molecule has 1 amide bonds. The number of nitrogens with one attached hydrogen (secondary N) is 1. The summed E-state index contributed by atoms with van der Waals surface area (Å²) in [4.78, 5) is 11.8. The molecule has 0 saturated carbocycles. The maximum absolute atomic E-state index is 12.9. The van der Waals surface area contributed by atoms with Crippen LogP contribution in [0, 0.1) is 0 Å². The van der Waals surface area contributed by atoms with Crippen molar-refractivity contribution in [2.45, 2.75) is 30.7 Å². The first-order valence-corrected chi connectivity index (χ1v) is 8.79. The fourth-order valence-electron chi connectivity index (χ4n) is 2.99. The maximum Gasteiger partial charge on any atom is 0.251 e. The minimum Gasteiger partial charge on any atom is -0.462 e. The molecule has 1 saturated heterocycles. The third-order valence-electron chi connectivity index (χ3n) is 4.61. The highest BCUT2D eigenvalue weighted by molar-refractivity contribution is 5.95. The van der Waals surface area contributed by atoms with Gasteiger partial charge in [0.05, 0.1) is 0 Å². The van der Waals surface area contributed by atoms with Crippen molar-refractivity contribution in [1.82, 2.24) is 5.32 Å². The van der Waals surface area contributed by atoms with E-state index in [1.807, 2.05) is 6.07 Å². The number of hydrogen-bond donors (Lipinski definition) is 4. The molecule has 8 heteroatoms. The number of hydrogen-bond acceptors (Lipinski definition) is 6. The minimum absolute atomic E-state index is 0.187. The van der Waals surface area contributed by atoms with Gasteiger partial charge < -0.3 is 30.1 Å². The third-order valence-corrected chi connectivity index (χ3v) is 4.61. The van der Waals surface area contributed by atoms with Crippen molar-refractivity contribution in [1.29, 1.82) is 0 Å². The van der Waals surface area contributed by atoms with E-state index in [1.165, 1.54) is 0 Å². The highest BCUT2D eigenvalue weighted by Gasteiger charge is 2.45. The molecule has 1 heterocycles. The first kappa shape index (κ1) is 20.2. The molecule has 1 fully saturated rings. The van der Waals surface area contributed by atoms with Gasteiger partial charge in [0.15, 0.2) is 0 Å². The minimum atomic E-state index is -1.58. The molecule has 7 nitrogen and oxygen atoms in total. The Labute approximate surface area is 161 Å². The van der Waals surface area contributed by atoms with Gasteiger partial charge in [-0.1, -0.05) is 24.3 Å². The Morgan fingerprint density at radius 1 is 1.07 bits per heavy atom. The van der Waals surface area contributed by atoms with E-state index in [2.05, 4.69) is 5.32 Å². The third kappa shape index (κ3) is 4.15. The molecule has 2 aromatic carbocycles.